The SMILES string of the molecule is CCN(Cc1nnsc1Cl)c1cccc(C)c1. The summed E-state index contributed by atoms with van der Waals surface area (Å²) in [5, 5.41) is 4.05. The second kappa shape index (κ2) is 5.47. The van der Waals surface area contributed by atoms with Gasteiger partial charge in [-0.1, -0.05) is 28.2 Å². The summed E-state index contributed by atoms with van der Waals surface area (Å²) in [5.74, 6) is 0. The highest BCUT2D eigenvalue weighted by atomic mass is 35.5. The Morgan fingerprint density at radius 2 is 2.24 bits per heavy atom. The molecule has 1 aromatic heterocycles. The molecular formula is C12H14ClN3S. The Kier molecular flexibility index (Phi) is 3.97. The van der Waals surface area contributed by atoms with Crippen molar-refractivity contribution >= 4 is 28.8 Å². The van der Waals surface area contributed by atoms with Crippen LogP contribution in [0.5, 0.6) is 0 Å². The van der Waals surface area contributed by atoms with E-state index in [2.05, 4.69) is 52.6 Å². The van der Waals surface area contributed by atoms with Gasteiger partial charge in [0.05, 0.1) is 6.54 Å². The molecular weight excluding hydrogens is 254 g/mol. The number of aryl methyl sites for hydroxylation is 1. The maximum Gasteiger partial charge on any atom is 0.139 e. The summed E-state index contributed by atoms with van der Waals surface area (Å²) >= 11 is 7.26. The first-order valence-electron chi connectivity index (χ1n) is 5.49. The summed E-state index contributed by atoms with van der Waals surface area (Å²) in [6.45, 7) is 5.83. The lowest BCUT2D eigenvalue weighted by atomic mass is 10.2. The quantitative estimate of drug-likeness (QED) is 0.849. The van der Waals surface area contributed by atoms with Gasteiger partial charge in [-0.15, -0.1) is 5.10 Å². The van der Waals surface area contributed by atoms with E-state index >= 15 is 0 Å². The molecule has 0 radical (unpaired) electrons. The molecule has 1 aromatic carbocycles. The first-order valence-corrected chi connectivity index (χ1v) is 6.64. The normalized spacial score (nSPS) is 10.5. The van der Waals surface area contributed by atoms with Crippen molar-refractivity contribution in [2.45, 2.75) is 20.4 Å². The molecule has 17 heavy (non-hydrogen) atoms. The third-order valence-electron chi connectivity index (χ3n) is 2.60. The molecule has 0 saturated heterocycles. The van der Waals surface area contributed by atoms with Crippen LogP contribution in [0.3, 0.4) is 0 Å². The van der Waals surface area contributed by atoms with Crippen LogP contribution in [0.25, 0.3) is 0 Å². The zero-order valence-corrected chi connectivity index (χ0v) is 11.4. The molecule has 2 rings (SSSR count). The Morgan fingerprint density at radius 3 is 2.82 bits per heavy atom. The van der Waals surface area contributed by atoms with Gasteiger partial charge in [0.2, 0.25) is 0 Å². The van der Waals surface area contributed by atoms with Crippen molar-refractivity contribution in [3.05, 3.63) is 39.9 Å². The number of hydrogen-bond donors (Lipinski definition) is 0. The summed E-state index contributed by atoms with van der Waals surface area (Å²) in [6, 6.07) is 8.42. The number of nitrogens with zero attached hydrogens (tertiary/aromatic N) is 3. The van der Waals surface area contributed by atoms with Gasteiger partial charge in [-0.05, 0) is 31.5 Å². The number of aromatic nitrogens is 2. The maximum absolute atomic E-state index is 6.03. The summed E-state index contributed by atoms with van der Waals surface area (Å²) in [5.41, 5.74) is 3.29. The fraction of sp³-hybridized carbons (Fsp3) is 0.333. The Labute approximate surface area is 110 Å². The van der Waals surface area contributed by atoms with E-state index in [4.69, 9.17) is 11.6 Å². The Bertz CT molecular complexity index is 498. The molecule has 3 nitrogen and oxygen atoms in total. The minimum atomic E-state index is 0.677. The van der Waals surface area contributed by atoms with Crippen LogP contribution in [0.15, 0.2) is 24.3 Å². The van der Waals surface area contributed by atoms with Crippen molar-refractivity contribution in [1.82, 2.24) is 9.59 Å². The fourth-order valence-corrected chi connectivity index (χ4v) is 2.29. The highest BCUT2D eigenvalue weighted by molar-refractivity contribution is 7.10. The third-order valence-corrected chi connectivity index (χ3v) is 3.58. The largest absolute Gasteiger partial charge is 0.366 e. The lowest BCUT2D eigenvalue weighted by Gasteiger charge is -2.22. The van der Waals surface area contributed by atoms with Crippen LogP contribution >= 0.6 is 23.1 Å². The van der Waals surface area contributed by atoms with Gasteiger partial charge in [-0.25, -0.2) is 0 Å². The predicted molar refractivity (Wildman–Crippen MR) is 72.8 cm³/mol. The molecule has 0 N–H and O–H groups in total. The number of hydrogen-bond acceptors (Lipinski definition) is 4. The van der Waals surface area contributed by atoms with Gasteiger partial charge in [0, 0.05) is 23.8 Å². The van der Waals surface area contributed by atoms with Gasteiger partial charge in [0.25, 0.3) is 0 Å². The molecule has 0 atom stereocenters. The second-order valence-corrected chi connectivity index (χ2v) is 5.20. The number of anilines is 1. The predicted octanol–water partition coefficient (Wildman–Crippen LogP) is 3.53. The number of rotatable bonds is 4. The van der Waals surface area contributed by atoms with Gasteiger partial charge in [0.15, 0.2) is 0 Å². The van der Waals surface area contributed by atoms with Gasteiger partial charge in [-0.3, -0.25) is 0 Å². The fourth-order valence-electron chi connectivity index (χ4n) is 1.68. The molecule has 2 aromatic rings. The molecule has 0 amide bonds. The Morgan fingerprint density at radius 1 is 1.41 bits per heavy atom. The van der Waals surface area contributed by atoms with Crippen molar-refractivity contribution in [3.8, 4) is 0 Å². The average Bonchev–Trinajstić information content (AvgIpc) is 2.71. The molecule has 0 aliphatic carbocycles. The van der Waals surface area contributed by atoms with Crippen molar-refractivity contribution < 1.29 is 0 Å². The van der Waals surface area contributed by atoms with Crippen molar-refractivity contribution in [1.29, 1.82) is 0 Å². The first kappa shape index (κ1) is 12.3. The van der Waals surface area contributed by atoms with E-state index in [0.29, 0.717) is 10.9 Å². The molecule has 90 valence electrons. The number of benzene rings is 1. The van der Waals surface area contributed by atoms with Crippen LogP contribution < -0.4 is 4.90 Å². The van der Waals surface area contributed by atoms with Crippen molar-refractivity contribution in [3.63, 3.8) is 0 Å². The molecule has 1 heterocycles. The van der Waals surface area contributed by atoms with Gasteiger partial charge >= 0.3 is 0 Å². The number of halogens is 1. The van der Waals surface area contributed by atoms with E-state index in [1.165, 1.54) is 22.8 Å². The molecule has 0 bridgehead atoms. The molecule has 0 spiro atoms. The highest BCUT2D eigenvalue weighted by Gasteiger charge is 2.11. The summed E-state index contributed by atoms with van der Waals surface area (Å²) in [6.07, 6.45) is 0. The third kappa shape index (κ3) is 2.96. The maximum atomic E-state index is 6.03. The van der Waals surface area contributed by atoms with Crippen molar-refractivity contribution in [2.75, 3.05) is 11.4 Å². The van der Waals surface area contributed by atoms with E-state index < -0.39 is 0 Å². The smallest absolute Gasteiger partial charge is 0.139 e. The summed E-state index contributed by atoms with van der Waals surface area (Å²) in [4.78, 5) is 2.23. The summed E-state index contributed by atoms with van der Waals surface area (Å²) < 4.78 is 4.53. The van der Waals surface area contributed by atoms with E-state index in [-0.39, 0.29) is 0 Å². The van der Waals surface area contributed by atoms with E-state index in [9.17, 15) is 0 Å². The first-order chi connectivity index (χ1) is 8.20. The van der Waals surface area contributed by atoms with Crippen molar-refractivity contribution in [2.24, 2.45) is 0 Å². The minimum Gasteiger partial charge on any atom is -0.366 e. The monoisotopic (exact) mass is 267 g/mol. The molecule has 0 saturated carbocycles. The standard InChI is InChI=1S/C12H14ClN3S/c1-3-16(8-11-12(13)17-15-14-11)10-6-4-5-9(2)7-10/h4-7H,3,8H2,1-2H3. The van der Waals surface area contributed by atoms with E-state index in [1.54, 1.807) is 0 Å². The minimum absolute atomic E-state index is 0.677. The zero-order chi connectivity index (χ0) is 12.3. The van der Waals surface area contributed by atoms with E-state index in [1.807, 2.05) is 0 Å². The van der Waals surface area contributed by atoms with Crippen LogP contribution in [0, 0.1) is 6.92 Å². The van der Waals surface area contributed by atoms with Gasteiger partial charge < -0.3 is 4.90 Å². The average molecular weight is 268 g/mol. The molecule has 5 heteroatoms. The van der Waals surface area contributed by atoms with Crippen LogP contribution in [0.1, 0.15) is 18.2 Å². The molecule has 0 fully saturated rings. The summed E-state index contributed by atoms with van der Waals surface area (Å²) in [7, 11) is 0. The van der Waals surface area contributed by atoms with Crippen LogP contribution in [-0.2, 0) is 6.54 Å². The Balaban J connectivity index is 2.20. The molecule has 0 unspecified atom stereocenters. The Hall–Kier alpha value is -1.13. The topological polar surface area (TPSA) is 29.0 Å². The highest BCUT2D eigenvalue weighted by Crippen LogP contribution is 2.22. The van der Waals surface area contributed by atoms with Crippen LogP contribution in [-0.4, -0.2) is 16.1 Å². The van der Waals surface area contributed by atoms with Gasteiger partial charge in [0.1, 0.15) is 10.0 Å². The zero-order valence-electron chi connectivity index (χ0n) is 9.85. The van der Waals surface area contributed by atoms with E-state index in [0.717, 1.165) is 12.2 Å². The van der Waals surface area contributed by atoms with Crippen LogP contribution in [0.2, 0.25) is 4.34 Å². The molecule has 0 aliphatic rings. The van der Waals surface area contributed by atoms with Gasteiger partial charge in [-0.2, -0.15) is 0 Å². The molecule has 0 aliphatic heterocycles. The lowest BCUT2D eigenvalue weighted by molar-refractivity contribution is 0.803. The lowest BCUT2D eigenvalue weighted by Crippen LogP contribution is -2.22. The second-order valence-electron chi connectivity index (χ2n) is 3.85. The van der Waals surface area contributed by atoms with Crippen LogP contribution in [0.4, 0.5) is 5.69 Å².